The van der Waals surface area contributed by atoms with Crippen LogP contribution in [0.1, 0.15) is 5.56 Å². The van der Waals surface area contributed by atoms with Crippen molar-refractivity contribution in [1.29, 1.82) is 0 Å². The van der Waals surface area contributed by atoms with Gasteiger partial charge in [-0.25, -0.2) is 0 Å². The van der Waals surface area contributed by atoms with Crippen molar-refractivity contribution < 1.29 is 4.42 Å². The van der Waals surface area contributed by atoms with E-state index >= 15 is 0 Å². The van der Waals surface area contributed by atoms with Crippen LogP contribution < -0.4 is 0 Å². The molecule has 0 spiro atoms. The minimum Gasteiger partial charge on any atom is -0.456 e. The number of nitrogens with zero attached hydrogens (tertiary/aromatic N) is 1. The number of benzene rings is 4. The Kier molecular flexibility index (Phi) is 5.04. The first-order chi connectivity index (χ1) is 16.7. The van der Waals surface area contributed by atoms with Gasteiger partial charge in [0, 0.05) is 22.7 Å². The molecule has 6 rings (SSSR count). The molecule has 0 bridgehead atoms. The van der Waals surface area contributed by atoms with Crippen molar-refractivity contribution in [3.8, 4) is 44.8 Å². The van der Waals surface area contributed by atoms with Crippen molar-refractivity contribution in [2.24, 2.45) is 0 Å². The number of hydrogen-bond donors (Lipinski definition) is 0. The molecule has 0 radical (unpaired) electrons. The van der Waals surface area contributed by atoms with E-state index in [1.54, 1.807) is 0 Å². The largest absolute Gasteiger partial charge is 0.456 e. The number of rotatable bonds is 4. The van der Waals surface area contributed by atoms with Crippen LogP contribution in [-0.2, 0) is 0 Å². The lowest BCUT2D eigenvalue weighted by Gasteiger charge is -2.13. The van der Waals surface area contributed by atoms with Crippen molar-refractivity contribution in [2.75, 3.05) is 0 Å². The zero-order valence-corrected chi connectivity index (χ0v) is 18.9. The van der Waals surface area contributed by atoms with E-state index in [0.29, 0.717) is 0 Å². The average Bonchev–Trinajstić information content (AvgIpc) is 3.33. The molecule has 0 aliphatic rings. The highest BCUT2D eigenvalue weighted by molar-refractivity contribution is 5.92. The van der Waals surface area contributed by atoms with E-state index in [2.05, 4.69) is 103 Å². The summed E-state index contributed by atoms with van der Waals surface area (Å²) in [5.74, 6) is 0.883. The Morgan fingerprint density at radius 3 is 2.06 bits per heavy atom. The molecule has 162 valence electrons. The van der Waals surface area contributed by atoms with Crippen LogP contribution in [0.15, 0.2) is 126 Å². The smallest absolute Gasteiger partial charge is 0.135 e. The summed E-state index contributed by atoms with van der Waals surface area (Å²) >= 11 is 0. The van der Waals surface area contributed by atoms with E-state index in [0.717, 1.165) is 39.1 Å². The minimum absolute atomic E-state index is 0.883. The number of fused-ring (bicyclic) bond motifs is 1. The normalized spacial score (nSPS) is 11.1. The third-order valence-electron chi connectivity index (χ3n) is 6.20. The summed E-state index contributed by atoms with van der Waals surface area (Å²) in [4.78, 5) is 4.62. The maximum Gasteiger partial charge on any atom is 0.135 e. The van der Waals surface area contributed by atoms with Gasteiger partial charge in [0.15, 0.2) is 0 Å². The molecule has 0 atom stereocenters. The first-order valence-electron chi connectivity index (χ1n) is 11.5. The molecule has 0 aliphatic heterocycles. The van der Waals surface area contributed by atoms with Gasteiger partial charge in [-0.1, -0.05) is 78.9 Å². The van der Waals surface area contributed by atoms with Crippen molar-refractivity contribution >= 4 is 11.0 Å². The quantitative estimate of drug-likeness (QED) is 0.275. The zero-order chi connectivity index (χ0) is 22.9. The fourth-order valence-electron chi connectivity index (χ4n) is 4.46. The van der Waals surface area contributed by atoms with Gasteiger partial charge in [-0.2, -0.15) is 0 Å². The Balaban J connectivity index is 1.52. The van der Waals surface area contributed by atoms with Crippen molar-refractivity contribution in [3.63, 3.8) is 0 Å². The Morgan fingerprint density at radius 1 is 0.559 bits per heavy atom. The Bertz CT molecular complexity index is 1600. The van der Waals surface area contributed by atoms with E-state index in [4.69, 9.17) is 4.42 Å². The molecule has 0 unspecified atom stereocenters. The van der Waals surface area contributed by atoms with Crippen LogP contribution in [0, 0.1) is 6.92 Å². The van der Waals surface area contributed by atoms with Gasteiger partial charge in [0.25, 0.3) is 0 Å². The zero-order valence-electron chi connectivity index (χ0n) is 18.9. The standard InChI is InChI=1S/C32H23NO/c1-22-16-17-33-30(18-22)26-12-14-28(23-8-4-2-5-9-23)29(20-26)25-13-15-31-27(19-25)21-32(34-31)24-10-6-3-7-11-24/h2-21H,1H3. The molecule has 0 aliphatic carbocycles. The molecule has 34 heavy (non-hydrogen) atoms. The SMILES string of the molecule is Cc1ccnc(-c2ccc(-c3ccccc3)c(-c3ccc4oc(-c5ccccc5)cc4c3)c2)c1. The van der Waals surface area contributed by atoms with Crippen LogP contribution >= 0.6 is 0 Å². The van der Waals surface area contributed by atoms with Crippen LogP contribution in [-0.4, -0.2) is 4.98 Å². The van der Waals surface area contributed by atoms with Crippen LogP contribution in [0.5, 0.6) is 0 Å². The van der Waals surface area contributed by atoms with Gasteiger partial charge in [-0.3, -0.25) is 4.98 Å². The van der Waals surface area contributed by atoms with Gasteiger partial charge in [0.1, 0.15) is 11.3 Å². The Labute approximate surface area is 199 Å². The molecule has 2 heteroatoms. The molecule has 4 aromatic carbocycles. The van der Waals surface area contributed by atoms with Crippen molar-refractivity contribution in [2.45, 2.75) is 6.92 Å². The summed E-state index contributed by atoms with van der Waals surface area (Å²) in [5, 5.41) is 1.09. The lowest BCUT2D eigenvalue weighted by Crippen LogP contribution is -1.89. The molecule has 0 N–H and O–H groups in total. The van der Waals surface area contributed by atoms with Crippen LogP contribution in [0.3, 0.4) is 0 Å². The molecule has 0 saturated carbocycles. The summed E-state index contributed by atoms with van der Waals surface area (Å²) in [7, 11) is 0. The van der Waals surface area contributed by atoms with Gasteiger partial charge in [-0.15, -0.1) is 0 Å². The predicted molar refractivity (Wildman–Crippen MR) is 140 cm³/mol. The van der Waals surface area contributed by atoms with E-state index in [9.17, 15) is 0 Å². The van der Waals surface area contributed by atoms with Gasteiger partial charge >= 0.3 is 0 Å². The highest BCUT2D eigenvalue weighted by Crippen LogP contribution is 2.38. The van der Waals surface area contributed by atoms with Gasteiger partial charge < -0.3 is 4.42 Å². The lowest BCUT2D eigenvalue weighted by molar-refractivity contribution is 0.631. The fraction of sp³-hybridized carbons (Fsp3) is 0.0312. The van der Waals surface area contributed by atoms with E-state index in [-0.39, 0.29) is 0 Å². The van der Waals surface area contributed by atoms with Crippen molar-refractivity contribution in [3.05, 3.63) is 127 Å². The molecule has 2 nitrogen and oxygen atoms in total. The second-order valence-electron chi connectivity index (χ2n) is 8.57. The van der Waals surface area contributed by atoms with Gasteiger partial charge in [-0.05, 0) is 71.1 Å². The fourth-order valence-corrected chi connectivity index (χ4v) is 4.46. The number of aryl methyl sites for hydroxylation is 1. The molecular formula is C32H23NO. The number of pyridine rings is 1. The number of furan rings is 1. The molecular weight excluding hydrogens is 414 g/mol. The van der Waals surface area contributed by atoms with Gasteiger partial charge in [0.2, 0.25) is 0 Å². The lowest BCUT2D eigenvalue weighted by atomic mass is 9.91. The minimum atomic E-state index is 0.883. The number of aromatic nitrogens is 1. The highest BCUT2D eigenvalue weighted by atomic mass is 16.3. The first-order valence-corrected chi connectivity index (χ1v) is 11.5. The summed E-state index contributed by atoms with van der Waals surface area (Å²) in [6.45, 7) is 2.10. The van der Waals surface area contributed by atoms with Crippen LogP contribution in [0.2, 0.25) is 0 Å². The molecule has 0 fully saturated rings. The van der Waals surface area contributed by atoms with E-state index < -0.39 is 0 Å². The van der Waals surface area contributed by atoms with E-state index in [1.165, 1.54) is 22.3 Å². The molecule has 0 saturated heterocycles. The first kappa shape index (κ1) is 20.2. The summed E-state index contributed by atoms with van der Waals surface area (Å²) in [6, 6.07) is 40.1. The topological polar surface area (TPSA) is 26.0 Å². The van der Waals surface area contributed by atoms with E-state index in [1.807, 2.05) is 30.5 Å². The third-order valence-corrected chi connectivity index (χ3v) is 6.20. The Morgan fingerprint density at radius 2 is 1.29 bits per heavy atom. The summed E-state index contributed by atoms with van der Waals surface area (Å²) in [5.41, 5.74) is 9.98. The second kappa shape index (κ2) is 8.49. The monoisotopic (exact) mass is 437 g/mol. The highest BCUT2D eigenvalue weighted by Gasteiger charge is 2.13. The second-order valence-corrected chi connectivity index (χ2v) is 8.57. The summed E-state index contributed by atoms with van der Waals surface area (Å²) in [6.07, 6.45) is 1.87. The Hall–Kier alpha value is -4.43. The maximum atomic E-state index is 6.16. The van der Waals surface area contributed by atoms with Crippen molar-refractivity contribution in [1.82, 2.24) is 4.98 Å². The third kappa shape index (κ3) is 3.80. The van der Waals surface area contributed by atoms with Crippen LogP contribution in [0.25, 0.3) is 55.8 Å². The molecule has 6 aromatic rings. The number of hydrogen-bond acceptors (Lipinski definition) is 2. The maximum absolute atomic E-state index is 6.16. The van der Waals surface area contributed by atoms with Crippen LogP contribution in [0.4, 0.5) is 0 Å². The molecule has 0 amide bonds. The predicted octanol–water partition coefficient (Wildman–Crippen LogP) is 8.80. The average molecular weight is 438 g/mol. The molecule has 2 heterocycles. The summed E-state index contributed by atoms with van der Waals surface area (Å²) < 4.78 is 6.16. The van der Waals surface area contributed by atoms with Gasteiger partial charge in [0.05, 0.1) is 5.69 Å². The molecule has 2 aromatic heterocycles.